The van der Waals surface area contributed by atoms with Gasteiger partial charge in [0, 0.05) is 37.1 Å². The zero-order valence-corrected chi connectivity index (χ0v) is 17.8. The minimum atomic E-state index is 0.368. The monoisotopic (exact) mass is 399 g/mol. The maximum atomic E-state index is 5.53. The molecule has 0 aliphatic carbocycles. The Hall–Kier alpha value is -2.28. The second kappa shape index (κ2) is 9.03. The smallest absolute Gasteiger partial charge is 0.227 e. The van der Waals surface area contributed by atoms with Crippen LogP contribution in [0.4, 0.5) is 11.8 Å². The summed E-state index contributed by atoms with van der Waals surface area (Å²) < 4.78 is 11.1. The Morgan fingerprint density at radius 2 is 1.97 bits per heavy atom. The molecule has 2 fully saturated rings. The molecule has 29 heavy (non-hydrogen) atoms. The van der Waals surface area contributed by atoms with Crippen LogP contribution < -0.4 is 25.0 Å². The van der Waals surface area contributed by atoms with E-state index in [0.29, 0.717) is 23.5 Å². The summed E-state index contributed by atoms with van der Waals surface area (Å²) in [5.74, 6) is 3.81. The van der Waals surface area contributed by atoms with E-state index in [2.05, 4.69) is 22.5 Å². The number of hydrogen-bond acceptors (Lipinski definition) is 7. The van der Waals surface area contributed by atoms with Crippen LogP contribution in [-0.2, 0) is 0 Å². The van der Waals surface area contributed by atoms with E-state index >= 15 is 0 Å². The predicted octanol–water partition coefficient (Wildman–Crippen LogP) is 3.44. The van der Waals surface area contributed by atoms with Crippen molar-refractivity contribution in [3.8, 4) is 11.5 Å². The Kier molecular flexibility index (Phi) is 6.23. The molecule has 2 aliphatic heterocycles. The highest BCUT2D eigenvalue weighted by atomic mass is 16.5. The number of nitrogens with zero attached hydrogens (tertiary/aromatic N) is 3. The molecule has 2 aliphatic rings. The van der Waals surface area contributed by atoms with Gasteiger partial charge < -0.3 is 25.0 Å². The fourth-order valence-corrected chi connectivity index (χ4v) is 4.44. The van der Waals surface area contributed by atoms with Crippen molar-refractivity contribution in [2.75, 3.05) is 50.6 Å². The number of benzene rings is 1. The van der Waals surface area contributed by atoms with Gasteiger partial charge in [0.15, 0.2) is 11.5 Å². The first-order chi connectivity index (χ1) is 14.2. The van der Waals surface area contributed by atoms with Crippen molar-refractivity contribution < 1.29 is 9.47 Å². The molecule has 2 N–H and O–H groups in total. The van der Waals surface area contributed by atoms with Gasteiger partial charge in [0.05, 0.1) is 19.7 Å². The summed E-state index contributed by atoms with van der Waals surface area (Å²) in [5, 5.41) is 8.13. The van der Waals surface area contributed by atoms with Crippen LogP contribution in [0.1, 0.15) is 39.0 Å². The average molecular weight is 400 g/mol. The van der Waals surface area contributed by atoms with Crippen LogP contribution in [0.25, 0.3) is 10.9 Å². The number of rotatable bonds is 6. The second-order valence-electron chi connectivity index (χ2n) is 8.15. The van der Waals surface area contributed by atoms with E-state index in [-0.39, 0.29) is 0 Å². The zero-order valence-electron chi connectivity index (χ0n) is 17.8. The highest BCUT2D eigenvalue weighted by molar-refractivity contribution is 5.93. The lowest BCUT2D eigenvalue weighted by Gasteiger charge is -2.33. The molecule has 1 aromatic carbocycles. The minimum Gasteiger partial charge on any atom is -0.493 e. The van der Waals surface area contributed by atoms with Gasteiger partial charge in [-0.1, -0.05) is 13.3 Å². The Bertz CT molecular complexity index is 838. The lowest BCUT2D eigenvalue weighted by atomic mass is 9.96. The number of aromatic nitrogens is 2. The standard InChI is InChI=1S/C22H33N5O2/c1-4-15-7-6-10-27(14-15)22-25-18-12-20(29-3)19(28-2)11-17(18)21(26-22)24-16-8-5-9-23-13-16/h11-12,15-16,23H,4-10,13-14H2,1-3H3,(H,24,25,26)/t15?,16-/m0/s1. The quantitative estimate of drug-likeness (QED) is 0.771. The second-order valence-corrected chi connectivity index (χ2v) is 8.15. The normalized spacial score (nSPS) is 22.5. The van der Waals surface area contributed by atoms with E-state index in [1.54, 1.807) is 14.2 Å². The maximum absolute atomic E-state index is 5.53. The molecule has 0 radical (unpaired) electrons. The molecule has 2 aromatic rings. The lowest BCUT2D eigenvalue weighted by Crippen LogP contribution is -2.39. The molecule has 2 saturated heterocycles. The van der Waals surface area contributed by atoms with Crippen LogP contribution >= 0.6 is 0 Å². The highest BCUT2D eigenvalue weighted by Gasteiger charge is 2.23. The Labute approximate surface area is 173 Å². The topological polar surface area (TPSA) is 71.5 Å². The molecule has 3 heterocycles. The van der Waals surface area contributed by atoms with Gasteiger partial charge >= 0.3 is 0 Å². The number of piperidine rings is 2. The fourth-order valence-electron chi connectivity index (χ4n) is 4.44. The SMILES string of the molecule is CCC1CCCN(c2nc(N[C@H]3CCCNC3)c3cc(OC)c(OC)cc3n2)C1. The van der Waals surface area contributed by atoms with E-state index in [0.717, 1.165) is 55.3 Å². The molecule has 0 amide bonds. The summed E-state index contributed by atoms with van der Waals surface area (Å²) in [6, 6.07) is 4.32. The maximum Gasteiger partial charge on any atom is 0.227 e. The number of ether oxygens (including phenoxy) is 2. The van der Waals surface area contributed by atoms with Crippen molar-refractivity contribution in [1.29, 1.82) is 0 Å². The number of fused-ring (bicyclic) bond motifs is 1. The molecule has 1 unspecified atom stereocenters. The van der Waals surface area contributed by atoms with Gasteiger partial charge in [0.2, 0.25) is 5.95 Å². The van der Waals surface area contributed by atoms with Crippen LogP contribution in [0, 0.1) is 5.92 Å². The third-order valence-electron chi connectivity index (χ3n) is 6.21. The average Bonchev–Trinajstić information content (AvgIpc) is 2.78. The first kappa shape index (κ1) is 20.0. The zero-order chi connectivity index (χ0) is 20.2. The van der Waals surface area contributed by atoms with Gasteiger partial charge in [-0.25, -0.2) is 4.98 Å². The summed E-state index contributed by atoms with van der Waals surface area (Å²) in [5.41, 5.74) is 0.887. The minimum absolute atomic E-state index is 0.368. The molecule has 1 aromatic heterocycles. The van der Waals surface area contributed by atoms with Gasteiger partial charge in [0.1, 0.15) is 5.82 Å². The number of anilines is 2. The number of nitrogens with one attached hydrogen (secondary N) is 2. The van der Waals surface area contributed by atoms with Gasteiger partial charge in [-0.05, 0) is 44.2 Å². The van der Waals surface area contributed by atoms with E-state index in [4.69, 9.17) is 19.4 Å². The van der Waals surface area contributed by atoms with Gasteiger partial charge in [-0.3, -0.25) is 0 Å². The van der Waals surface area contributed by atoms with Crippen LogP contribution in [-0.4, -0.2) is 56.4 Å². The molecule has 158 valence electrons. The molecular formula is C22H33N5O2. The summed E-state index contributed by atoms with van der Waals surface area (Å²) in [6.45, 7) is 6.36. The van der Waals surface area contributed by atoms with Crippen molar-refractivity contribution in [3.63, 3.8) is 0 Å². The summed E-state index contributed by atoms with van der Waals surface area (Å²) >= 11 is 0. The Morgan fingerprint density at radius 3 is 2.69 bits per heavy atom. The molecular weight excluding hydrogens is 366 g/mol. The van der Waals surface area contributed by atoms with Crippen molar-refractivity contribution in [2.45, 2.75) is 45.1 Å². The Morgan fingerprint density at radius 1 is 1.14 bits per heavy atom. The van der Waals surface area contributed by atoms with Gasteiger partial charge in [-0.2, -0.15) is 4.98 Å². The van der Waals surface area contributed by atoms with Crippen LogP contribution in [0.3, 0.4) is 0 Å². The molecule has 0 spiro atoms. The van der Waals surface area contributed by atoms with E-state index in [9.17, 15) is 0 Å². The highest BCUT2D eigenvalue weighted by Crippen LogP contribution is 2.36. The number of methoxy groups -OCH3 is 2. The van der Waals surface area contributed by atoms with Crippen molar-refractivity contribution in [3.05, 3.63) is 12.1 Å². The van der Waals surface area contributed by atoms with Crippen molar-refractivity contribution in [2.24, 2.45) is 5.92 Å². The largest absolute Gasteiger partial charge is 0.493 e. The molecule has 0 bridgehead atoms. The molecule has 4 rings (SSSR count). The fraction of sp³-hybridized carbons (Fsp3) is 0.636. The van der Waals surface area contributed by atoms with Gasteiger partial charge in [0.25, 0.3) is 0 Å². The lowest BCUT2D eigenvalue weighted by molar-refractivity contribution is 0.355. The van der Waals surface area contributed by atoms with E-state index < -0.39 is 0 Å². The van der Waals surface area contributed by atoms with Crippen LogP contribution in [0.5, 0.6) is 11.5 Å². The van der Waals surface area contributed by atoms with Crippen molar-refractivity contribution >= 4 is 22.7 Å². The van der Waals surface area contributed by atoms with Gasteiger partial charge in [-0.15, -0.1) is 0 Å². The van der Waals surface area contributed by atoms with E-state index in [1.165, 1.54) is 25.7 Å². The summed E-state index contributed by atoms with van der Waals surface area (Å²) in [7, 11) is 3.32. The summed E-state index contributed by atoms with van der Waals surface area (Å²) in [4.78, 5) is 12.3. The molecule has 2 atom stereocenters. The molecule has 7 nitrogen and oxygen atoms in total. The third kappa shape index (κ3) is 4.34. The Balaban J connectivity index is 1.75. The third-order valence-corrected chi connectivity index (χ3v) is 6.21. The predicted molar refractivity (Wildman–Crippen MR) is 117 cm³/mol. The summed E-state index contributed by atoms with van der Waals surface area (Å²) in [6.07, 6.45) is 6.01. The van der Waals surface area contributed by atoms with Crippen LogP contribution in [0.15, 0.2) is 12.1 Å². The van der Waals surface area contributed by atoms with Crippen LogP contribution in [0.2, 0.25) is 0 Å². The van der Waals surface area contributed by atoms with Crippen molar-refractivity contribution in [1.82, 2.24) is 15.3 Å². The van der Waals surface area contributed by atoms with E-state index in [1.807, 2.05) is 12.1 Å². The molecule has 7 heteroatoms. The first-order valence-electron chi connectivity index (χ1n) is 10.9. The first-order valence-corrected chi connectivity index (χ1v) is 10.9. The molecule has 0 saturated carbocycles. The number of hydrogen-bond donors (Lipinski definition) is 2.